The van der Waals surface area contributed by atoms with Crippen molar-refractivity contribution in [1.82, 2.24) is 9.61 Å². The summed E-state index contributed by atoms with van der Waals surface area (Å²) in [7, 11) is 1.52. The Morgan fingerprint density at radius 3 is 2.95 bits per heavy atom. The first-order valence-electron chi connectivity index (χ1n) is 6.01. The predicted octanol–water partition coefficient (Wildman–Crippen LogP) is 3.23. The van der Waals surface area contributed by atoms with Crippen molar-refractivity contribution in [1.29, 1.82) is 0 Å². The molecule has 100 valence electrons. The van der Waals surface area contributed by atoms with Gasteiger partial charge in [-0.25, -0.2) is 4.52 Å². The smallest absolute Gasteiger partial charge is 0.196 e. The van der Waals surface area contributed by atoms with Crippen molar-refractivity contribution in [2.45, 2.75) is 0 Å². The molecule has 0 radical (unpaired) electrons. The van der Waals surface area contributed by atoms with Crippen LogP contribution in [0.3, 0.4) is 0 Å². The average molecular weight is 287 g/mol. The van der Waals surface area contributed by atoms with Gasteiger partial charge in [0.2, 0.25) is 0 Å². The molecule has 3 aromatic rings. The average Bonchev–Trinajstić information content (AvgIpc) is 2.91. The number of carbonyl (C=O) groups excluding carboxylic acids is 1. The lowest BCUT2D eigenvalue weighted by Crippen LogP contribution is -2.01. The fourth-order valence-corrected chi connectivity index (χ4v) is 2.26. The van der Waals surface area contributed by atoms with E-state index < -0.39 is 0 Å². The predicted molar refractivity (Wildman–Crippen MR) is 76.6 cm³/mol. The maximum Gasteiger partial charge on any atom is 0.196 e. The van der Waals surface area contributed by atoms with E-state index in [-0.39, 0.29) is 5.78 Å². The molecule has 20 heavy (non-hydrogen) atoms. The molecule has 0 fully saturated rings. The quantitative estimate of drug-likeness (QED) is 0.694. The highest BCUT2D eigenvalue weighted by molar-refractivity contribution is 6.32. The van der Waals surface area contributed by atoms with Crippen LogP contribution in [0.15, 0.2) is 48.8 Å². The Morgan fingerprint density at radius 2 is 2.15 bits per heavy atom. The molecule has 1 aromatic carbocycles. The monoisotopic (exact) mass is 286 g/mol. The minimum absolute atomic E-state index is 0.110. The van der Waals surface area contributed by atoms with Gasteiger partial charge in [-0.1, -0.05) is 17.7 Å². The highest BCUT2D eigenvalue weighted by Crippen LogP contribution is 2.26. The molecule has 0 N–H and O–H groups in total. The number of aromatic nitrogens is 2. The second-order valence-electron chi connectivity index (χ2n) is 4.27. The van der Waals surface area contributed by atoms with Crippen LogP contribution in [0.4, 0.5) is 0 Å². The fraction of sp³-hybridized carbons (Fsp3) is 0.0667. The Morgan fingerprint density at radius 1 is 1.30 bits per heavy atom. The zero-order chi connectivity index (χ0) is 14.1. The first kappa shape index (κ1) is 12.7. The highest BCUT2D eigenvalue weighted by atomic mass is 35.5. The number of pyridine rings is 1. The van der Waals surface area contributed by atoms with Crippen molar-refractivity contribution in [2.24, 2.45) is 0 Å². The van der Waals surface area contributed by atoms with Gasteiger partial charge in [-0.2, -0.15) is 5.10 Å². The standard InChI is InChI=1S/C15H11ClN2O2/c1-20-14-8-10(5-6-12(14)16)15(19)11-9-17-18-7-3-2-4-13(11)18/h2-9H,1H3. The van der Waals surface area contributed by atoms with Crippen molar-refractivity contribution in [3.8, 4) is 5.75 Å². The van der Waals surface area contributed by atoms with E-state index in [1.807, 2.05) is 18.2 Å². The number of carbonyl (C=O) groups is 1. The summed E-state index contributed by atoms with van der Waals surface area (Å²) in [6.07, 6.45) is 3.37. The van der Waals surface area contributed by atoms with E-state index in [1.54, 1.807) is 35.1 Å². The minimum atomic E-state index is -0.110. The van der Waals surface area contributed by atoms with E-state index >= 15 is 0 Å². The van der Waals surface area contributed by atoms with E-state index in [0.717, 1.165) is 5.52 Å². The SMILES string of the molecule is COc1cc(C(=O)c2cnn3ccccc23)ccc1Cl. The minimum Gasteiger partial charge on any atom is -0.495 e. The Labute approximate surface area is 120 Å². The molecule has 0 aliphatic carbocycles. The number of ether oxygens (including phenoxy) is 1. The lowest BCUT2D eigenvalue weighted by Gasteiger charge is -2.05. The molecular weight excluding hydrogens is 276 g/mol. The van der Waals surface area contributed by atoms with E-state index in [1.165, 1.54) is 7.11 Å². The van der Waals surface area contributed by atoms with E-state index in [0.29, 0.717) is 21.9 Å². The van der Waals surface area contributed by atoms with Gasteiger partial charge in [-0.3, -0.25) is 4.79 Å². The molecule has 4 nitrogen and oxygen atoms in total. The summed E-state index contributed by atoms with van der Waals surface area (Å²) in [6.45, 7) is 0. The summed E-state index contributed by atoms with van der Waals surface area (Å²) in [5, 5.41) is 4.64. The molecule has 0 aliphatic rings. The molecule has 0 aliphatic heterocycles. The Balaban J connectivity index is 2.08. The van der Waals surface area contributed by atoms with Crippen LogP contribution < -0.4 is 4.74 Å². The molecule has 2 heterocycles. The molecular formula is C15H11ClN2O2. The van der Waals surface area contributed by atoms with Crippen LogP contribution in [0.2, 0.25) is 5.02 Å². The Hall–Kier alpha value is -2.33. The summed E-state index contributed by atoms with van der Waals surface area (Å²) in [4.78, 5) is 12.5. The number of nitrogens with zero attached hydrogens (tertiary/aromatic N) is 2. The third-order valence-electron chi connectivity index (χ3n) is 3.08. The molecule has 0 bridgehead atoms. The van der Waals surface area contributed by atoms with Gasteiger partial charge >= 0.3 is 0 Å². The maximum atomic E-state index is 12.5. The van der Waals surface area contributed by atoms with Crippen molar-refractivity contribution < 1.29 is 9.53 Å². The summed E-state index contributed by atoms with van der Waals surface area (Å²) in [5.74, 6) is 0.371. The lowest BCUT2D eigenvalue weighted by atomic mass is 10.0. The highest BCUT2D eigenvalue weighted by Gasteiger charge is 2.16. The van der Waals surface area contributed by atoms with Crippen molar-refractivity contribution in [3.63, 3.8) is 0 Å². The van der Waals surface area contributed by atoms with Gasteiger partial charge in [-0.05, 0) is 30.3 Å². The molecule has 5 heteroatoms. The third-order valence-corrected chi connectivity index (χ3v) is 3.40. The molecule has 0 spiro atoms. The van der Waals surface area contributed by atoms with Gasteiger partial charge in [-0.15, -0.1) is 0 Å². The number of hydrogen-bond donors (Lipinski definition) is 0. The first-order chi connectivity index (χ1) is 9.70. The Bertz CT molecular complexity index is 795. The molecule has 0 amide bonds. The maximum absolute atomic E-state index is 12.5. The summed E-state index contributed by atoms with van der Waals surface area (Å²) < 4.78 is 6.80. The number of methoxy groups -OCH3 is 1. The van der Waals surface area contributed by atoms with Crippen LogP contribution in [-0.4, -0.2) is 22.5 Å². The Kier molecular flexibility index (Phi) is 3.16. The summed E-state index contributed by atoms with van der Waals surface area (Å²) in [5.41, 5.74) is 1.84. The van der Waals surface area contributed by atoms with Crippen molar-refractivity contribution >= 4 is 22.9 Å². The van der Waals surface area contributed by atoms with E-state index in [2.05, 4.69) is 5.10 Å². The van der Waals surface area contributed by atoms with E-state index in [9.17, 15) is 4.79 Å². The molecule has 0 saturated carbocycles. The van der Waals surface area contributed by atoms with Gasteiger partial charge in [0.05, 0.1) is 29.4 Å². The molecule has 2 aromatic heterocycles. The van der Waals surface area contributed by atoms with Gasteiger partial charge in [0.25, 0.3) is 0 Å². The van der Waals surface area contributed by atoms with Crippen molar-refractivity contribution in [3.05, 3.63) is 64.9 Å². The largest absolute Gasteiger partial charge is 0.495 e. The summed E-state index contributed by atoms with van der Waals surface area (Å²) in [6, 6.07) is 10.6. The first-order valence-corrected chi connectivity index (χ1v) is 6.39. The van der Waals surface area contributed by atoms with Gasteiger partial charge in [0, 0.05) is 11.8 Å². The fourth-order valence-electron chi connectivity index (χ4n) is 2.07. The third kappa shape index (κ3) is 2.04. The molecule has 0 saturated heterocycles. The normalized spacial score (nSPS) is 10.7. The van der Waals surface area contributed by atoms with Crippen molar-refractivity contribution in [2.75, 3.05) is 7.11 Å². The molecule has 0 atom stereocenters. The van der Waals surface area contributed by atoms with Gasteiger partial charge in [0.15, 0.2) is 5.78 Å². The number of rotatable bonds is 3. The van der Waals surface area contributed by atoms with Crippen LogP contribution >= 0.6 is 11.6 Å². The summed E-state index contributed by atoms with van der Waals surface area (Å²) >= 11 is 5.97. The van der Waals surface area contributed by atoms with Gasteiger partial charge < -0.3 is 4.74 Å². The van der Waals surface area contributed by atoms with Crippen LogP contribution in [0, 0.1) is 0 Å². The number of benzene rings is 1. The number of fused-ring (bicyclic) bond motifs is 1. The zero-order valence-electron chi connectivity index (χ0n) is 10.7. The number of hydrogen-bond acceptors (Lipinski definition) is 3. The zero-order valence-corrected chi connectivity index (χ0v) is 11.5. The number of halogens is 1. The van der Waals surface area contributed by atoms with Crippen LogP contribution in [0.5, 0.6) is 5.75 Å². The van der Waals surface area contributed by atoms with E-state index in [4.69, 9.17) is 16.3 Å². The topological polar surface area (TPSA) is 43.6 Å². The molecule has 3 rings (SSSR count). The number of ketones is 1. The lowest BCUT2D eigenvalue weighted by molar-refractivity contribution is 0.104. The van der Waals surface area contributed by atoms with Crippen LogP contribution in [-0.2, 0) is 0 Å². The molecule has 0 unspecified atom stereocenters. The van der Waals surface area contributed by atoms with Crippen LogP contribution in [0.1, 0.15) is 15.9 Å². The second-order valence-corrected chi connectivity index (χ2v) is 4.67. The van der Waals surface area contributed by atoms with Gasteiger partial charge in [0.1, 0.15) is 5.75 Å². The second kappa shape index (κ2) is 4.98. The van der Waals surface area contributed by atoms with Crippen LogP contribution in [0.25, 0.3) is 5.52 Å².